The third-order valence-corrected chi connectivity index (χ3v) is 2.75. The van der Waals surface area contributed by atoms with Crippen molar-refractivity contribution in [3.8, 4) is 0 Å². The van der Waals surface area contributed by atoms with Crippen molar-refractivity contribution in [3.63, 3.8) is 0 Å². The molecule has 0 saturated heterocycles. The van der Waals surface area contributed by atoms with Gasteiger partial charge in [-0.15, -0.1) is 0 Å². The first kappa shape index (κ1) is 7.87. The van der Waals surface area contributed by atoms with Crippen LogP contribution in [0.2, 0.25) is 0 Å². The van der Waals surface area contributed by atoms with Gasteiger partial charge in [0.15, 0.2) is 0 Å². The van der Waals surface area contributed by atoms with Crippen LogP contribution in [0.5, 0.6) is 0 Å². The van der Waals surface area contributed by atoms with E-state index in [0.29, 0.717) is 5.92 Å². The topological polar surface area (TPSA) is 39.2 Å². The van der Waals surface area contributed by atoms with E-state index in [1.807, 2.05) is 19.1 Å². The Hall–Kier alpha value is -0.760. The second-order valence-corrected chi connectivity index (χ2v) is 3.67. The summed E-state index contributed by atoms with van der Waals surface area (Å²) in [4.78, 5) is 0. The number of rotatable bonds is 2. The molecule has 1 aliphatic carbocycles. The third-order valence-electron chi connectivity index (χ3n) is 2.75. The average Bonchev–Trinajstić information content (AvgIpc) is 2.31. The van der Waals surface area contributed by atoms with Crippen LogP contribution in [0.25, 0.3) is 0 Å². The van der Waals surface area contributed by atoms with Gasteiger partial charge < -0.3 is 10.2 Å². The van der Waals surface area contributed by atoms with Gasteiger partial charge in [0, 0.05) is 0 Å². The van der Waals surface area contributed by atoms with Crippen molar-refractivity contribution in [3.05, 3.63) is 23.7 Å². The van der Waals surface area contributed by atoms with Crippen LogP contribution in [0.4, 0.5) is 0 Å². The molecule has 0 aliphatic heterocycles. The number of aryl methyl sites for hydroxylation is 1. The summed E-state index contributed by atoms with van der Waals surface area (Å²) in [5.41, 5.74) is 6.02. The largest absolute Gasteiger partial charge is 0.465 e. The zero-order valence-corrected chi connectivity index (χ0v) is 7.42. The van der Waals surface area contributed by atoms with E-state index in [2.05, 4.69) is 0 Å². The summed E-state index contributed by atoms with van der Waals surface area (Å²) in [6, 6.07) is 4.11. The molecule has 2 nitrogen and oxygen atoms in total. The maximum atomic E-state index is 6.02. The van der Waals surface area contributed by atoms with E-state index in [1.165, 1.54) is 19.3 Å². The van der Waals surface area contributed by atoms with Gasteiger partial charge in [0.05, 0.1) is 6.04 Å². The quantitative estimate of drug-likeness (QED) is 0.730. The van der Waals surface area contributed by atoms with Crippen molar-refractivity contribution in [2.75, 3.05) is 0 Å². The fraction of sp³-hybridized carbons (Fsp3) is 0.600. The lowest BCUT2D eigenvalue weighted by molar-refractivity contribution is 0.239. The van der Waals surface area contributed by atoms with Crippen molar-refractivity contribution in [2.24, 2.45) is 11.7 Å². The van der Waals surface area contributed by atoms with Gasteiger partial charge in [-0.2, -0.15) is 0 Å². The molecule has 2 heteroatoms. The van der Waals surface area contributed by atoms with Gasteiger partial charge >= 0.3 is 0 Å². The lowest BCUT2D eigenvalue weighted by atomic mass is 9.79. The summed E-state index contributed by atoms with van der Waals surface area (Å²) in [6.07, 6.45) is 3.86. The van der Waals surface area contributed by atoms with Crippen molar-refractivity contribution in [1.82, 2.24) is 0 Å². The minimum Gasteiger partial charge on any atom is -0.465 e. The highest BCUT2D eigenvalue weighted by Crippen LogP contribution is 2.36. The van der Waals surface area contributed by atoms with Crippen LogP contribution in [0.3, 0.4) is 0 Å². The SMILES string of the molecule is Cc1ccc(C(N)C2CCC2)o1. The molecule has 0 spiro atoms. The second kappa shape index (κ2) is 2.94. The van der Waals surface area contributed by atoms with E-state index in [1.54, 1.807) is 0 Å². The summed E-state index contributed by atoms with van der Waals surface area (Å²) in [5.74, 6) is 2.58. The number of hydrogen-bond donors (Lipinski definition) is 1. The molecule has 1 heterocycles. The second-order valence-electron chi connectivity index (χ2n) is 3.67. The van der Waals surface area contributed by atoms with Gasteiger partial charge in [-0.05, 0) is 37.8 Å². The van der Waals surface area contributed by atoms with E-state index >= 15 is 0 Å². The lowest BCUT2D eigenvalue weighted by Crippen LogP contribution is -2.26. The third kappa shape index (κ3) is 1.27. The average molecular weight is 165 g/mol. The van der Waals surface area contributed by atoms with E-state index < -0.39 is 0 Å². The van der Waals surface area contributed by atoms with E-state index in [0.717, 1.165) is 11.5 Å². The number of furan rings is 1. The first-order valence-corrected chi connectivity index (χ1v) is 4.59. The van der Waals surface area contributed by atoms with Crippen molar-refractivity contribution < 1.29 is 4.42 Å². The molecule has 1 aliphatic rings. The molecule has 0 aromatic carbocycles. The summed E-state index contributed by atoms with van der Waals surface area (Å²) >= 11 is 0. The molecule has 0 amide bonds. The molecule has 2 N–H and O–H groups in total. The Kier molecular flexibility index (Phi) is 1.93. The molecule has 1 atom stereocenters. The normalized spacial score (nSPS) is 20.5. The summed E-state index contributed by atoms with van der Waals surface area (Å²) in [6.45, 7) is 1.96. The van der Waals surface area contributed by atoms with Crippen molar-refractivity contribution in [2.45, 2.75) is 32.2 Å². The van der Waals surface area contributed by atoms with Gasteiger partial charge in [-0.25, -0.2) is 0 Å². The molecule has 1 aromatic rings. The Morgan fingerprint density at radius 3 is 2.67 bits per heavy atom. The van der Waals surface area contributed by atoms with Crippen molar-refractivity contribution in [1.29, 1.82) is 0 Å². The Morgan fingerprint density at radius 2 is 2.25 bits per heavy atom. The predicted octanol–water partition coefficient (Wildman–Crippen LogP) is 2.39. The van der Waals surface area contributed by atoms with E-state index in [-0.39, 0.29) is 6.04 Å². The maximum Gasteiger partial charge on any atom is 0.121 e. The summed E-state index contributed by atoms with van der Waals surface area (Å²) in [5, 5.41) is 0. The van der Waals surface area contributed by atoms with Crippen LogP contribution in [0.1, 0.15) is 36.8 Å². The molecule has 1 unspecified atom stereocenters. The fourth-order valence-electron chi connectivity index (χ4n) is 1.66. The monoisotopic (exact) mass is 165 g/mol. The molecule has 1 saturated carbocycles. The molecule has 1 fully saturated rings. The zero-order chi connectivity index (χ0) is 8.55. The predicted molar refractivity (Wildman–Crippen MR) is 47.7 cm³/mol. The van der Waals surface area contributed by atoms with Crippen LogP contribution < -0.4 is 5.73 Å². The van der Waals surface area contributed by atoms with Crippen LogP contribution >= 0.6 is 0 Å². The Bertz CT molecular complexity index is 263. The standard InChI is InChI=1S/C10H15NO/c1-7-5-6-9(12-7)10(11)8-3-2-4-8/h5-6,8,10H,2-4,11H2,1H3. The molecule has 0 bridgehead atoms. The van der Waals surface area contributed by atoms with E-state index in [4.69, 9.17) is 10.2 Å². The molecule has 1 aromatic heterocycles. The Labute approximate surface area is 72.7 Å². The highest BCUT2D eigenvalue weighted by atomic mass is 16.3. The first-order chi connectivity index (χ1) is 5.77. The van der Waals surface area contributed by atoms with Crippen LogP contribution in [-0.2, 0) is 0 Å². The van der Waals surface area contributed by atoms with Crippen LogP contribution in [-0.4, -0.2) is 0 Å². The van der Waals surface area contributed by atoms with Gasteiger partial charge in [0.25, 0.3) is 0 Å². The van der Waals surface area contributed by atoms with Gasteiger partial charge in [-0.3, -0.25) is 0 Å². The number of nitrogens with two attached hydrogens (primary N) is 1. The smallest absolute Gasteiger partial charge is 0.121 e. The minimum absolute atomic E-state index is 0.132. The summed E-state index contributed by atoms with van der Waals surface area (Å²) in [7, 11) is 0. The molecular formula is C10H15NO. The molecular weight excluding hydrogens is 150 g/mol. The first-order valence-electron chi connectivity index (χ1n) is 4.59. The molecule has 66 valence electrons. The van der Waals surface area contributed by atoms with Gasteiger partial charge in [-0.1, -0.05) is 6.42 Å². The molecule has 0 radical (unpaired) electrons. The Morgan fingerprint density at radius 1 is 1.50 bits per heavy atom. The zero-order valence-electron chi connectivity index (χ0n) is 7.42. The van der Waals surface area contributed by atoms with Crippen molar-refractivity contribution >= 4 is 0 Å². The minimum atomic E-state index is 0.132. The molecule has 2 rings (SSSR count). The van der Waals surface area contributed by atoms with E-state index in [9.17, 15) is 0 Å². The Balaban J connectivity index is 2.08. The highest BCUT2D eigenvalue weighted by Gasteiger charge is 2.27. The van der Waals surface area contributed by atoms with Crippen LogP contribution in [0.15, 0.2) is 16.5 Å². The highest BCUT2D eigenvalue weighted by molar-refractivity contribution is 5.10. The van der Waals surface area contributed by atoms with Crippen LogP contribution in [0, 0.1) is 12.8 Å². The fourth-order valence-corrected chi connectivity index (χ4v) is 1.66. The van der Waals surface area contributed by atoms with Gasteiger partial charge in [0.2, 0.25) is 0 Å². The maximum absolute atomic E-state index is 6.02. The lowest BCUT2D eigenvalue weighted by Gasteiger charge is -2.29. The summed E-state index contributed by atoms with van der Waals surface area (Å²) < 4.78 is 5.48. The van der Waals surface area contributed by atoms with Gasteiger partial charge in [0.1, 0.15) is 11.5 Å². The number of hydrogen-bond acceptors (Lipinski definition) is 2. The molecule has 12 heavy (non-hydrogen) atoms.